The summed E-state index contributed by atoms with van der Waals surface area (Å²) in [6.45, 7) is 2.87. The molecule has 1 saturated heterocycles. The Morgan fingerprint density at radius 1 is 1.38 bits per heavy atom. The van der Waals surface area contributed by atoms with Crippen LogP contribution in [0.15, 0.2) is 18.3 Å². The first-order valence-electron chi connectivity index (χ1n) is 7.97. The fraction of sp³-hybridized carbons (Fsp3) is 0.625. The van der Waals surface area contributed by atoms with Crippen molar-refractivity contribution in [2.75, 3.05) is 45.2 Å². The fourth-order valence-electron chi connectivity index (χ4n) is 2.87. The third kappa shape index (κ3) is 5.09. The highest BCUT2D eigenvalue weighted by molar-refractivity contribution is 5.77. The second-order valence-electron chi connectivity index (χ2n) is 6.18. The predicted octanol–water partition coefficient (Wildman–Crippen LogP) is 1.99. The number of halogens is 3. The summed E-state index contributed by atoms with van der Waals surface area (Å²) in [6, 6.07) is 2.47. The molecule has 0 unspecified atom stereocenters. The van der Waals surface area contributed by atoms with Crippen LogP contribution in [0.1, 0.15) is 18.4 Å². The minimum atomic E-state index is -4.36. The number of pyridine rings is 1. The SMILES string of the molecule is CNC(=O)CN1CCC(CN(C)c2ccc(C(F)(F)F)cn2)CC1. The number of likely N-dealkylation sites (tertiary alicyclic amines) is 1. The number of piperidine rings is 1. The van der Waals surface area contributed by atoms with Gasteiger partial charge in [0.05, 0.1) is 12.1 Å². The normalized spacial score (nSPS) is 16.9. The first-order chi connectivity index (χ1) is 11.3. The zero-order valence-electron chi connectivity index (χ0n) is 13.9. The number of hydrogen-bond donors (Lipinski definition) is 1. The molecule has 0 bridgehead atoms. The lowest BCUT2D eigenvalue weighted by atomic mass is 9.96. The lowest BCUT2D eigenvalue weighted by molar-refractivity contribution is -0.137. The van der Waals surface area contributed by atoms with Gasteiger partial charge in [0.2, 0.25) is 5.91 Å². The molecule has 1 N–H and O–H groups in total. The number of nitrogens with zero attached hydrogens (tertiary/aromatic N) is 3. The van der Waals surface area contributed by atoms with Gasteiger partial charge in [0.1, 0.15) is 5.82 Å². The Labute approximate surface area is 139 Å². The molecule has 134 valence electrons. The molecule has 24 heavy (non-hydrogen) atoms. The summed E-state index contributed by atoms with van der Waals surface area (Å²) in [6.07, 6.45) is -1.57. The predicted molar refractivity (Wildman–Crippen MR) is 85.7 cm³/mol. The molecule has 1 fully saturated rings. The van der Waals surface area contributed by atoms with E-state index < -0.39 is 11.7 Å². The second kappa shape index (κ2) is 7.83. The van der Waals surface area contributed by atoms with Gasteiger partial charge in [-0.15, -0.1) is 0 Å². The van der Waals surface area contributed by atoms with E-state index in [1.165, 1.54) is 6.07 Å². The third-order valence-corrected chi connectivity index (χ3v) is 4.35. The number of amides is 1. The van der Waals surface area contributed by atoms with Crippen molar-refractivity contribution >= 4 is 11.7 Å². The Bertz CT molecular complexity index is 539. The van der Waals surface area contributed by atoms with Crippen LogP contribution in [0.3, 0.4) is 0 Å². The molecular weight excluding hydrogens is 321 g/mol. The van der Waals surface area contributed by atoms with Crippen LogP contribution in [-0.2, 0) is 11.0 Å². The van der Waals surface area contributed by atoms with Gasteiger partial charge in [-0.2, -0.15) is 13.2 Å². The van der Waals surface area contributed by atoms with Crippen molar-refractivity contribution in [2.45, 2.75) is 19.0 Å². The van der Waals surface area contributed by atoms with Gasteiger partial charge in [-0.05, 0) is 44.0 Å². The topological polar surface area (TPSA) is 48.5 Å². The van der Waals surface area contributed by atoms with E-state index >= 15 is 0 Å². The standard InChI is InChI=1S/C16H23F3N4O/c1-20-15(24)11-23-7-5-12(6-8-23)10-22(2)14-4-3-13(9-21-14)16(17,18)19/h3-4,9,12H,5-8,10-11H2,1-2H3,(H,20,24). The number of alkyl halides is 3. The number of aromatic nitrogens is 1. The van der Waals surface area contributed by atoms with Crippen molar-refractivity contribution in [1.82, 2.24) is 15.2 Å². The van der Waals surface area contributed by atoms with Crippen LogP contribution in [0.25, 0.3) is 0 Å². The summed E-state index contributed by atoms with van der Waals surface area (Å²) in [5.41, 5.74) is -0.734. The van der Waals surface area contributed by atoms with Crippen molar-refractivity contribution in [1.29, 1.82) is 0 Å². The molecule has 1 aromatic heterocycles. The molecular formula is C16H23F3N4O. The molecule has 1 aromatic rings. The Morgan fingerprint density at radius 3 is 2.54 bits per heavy atom. The van der Waals surface area contributed by atoms with Crippen LogP contribution >= 0.6 is 0 Å². The van der Waals surface area contributed by atoms with Crippen molar-refractivity contribution < 1.29 is 18.0 Å². The van der Waals surface area contributed by atoms with E-state index in [1.54, 1.807) is 7.05 Å². The number of hydrogen-bond acceptors (Lipinski definition) is 4. The van der Waals surface area contributed by atoms with Crippen LogP contribution < -0.4 is 10.2 Å². The van der Waals surface area contributed by atoms with E-state index in [0.29, 0.717) is 18.3 Å². The molecule has 0 aliphatic carbocycles. The Hall–Kier alpha value is -1.83. The summed E-state index contributed by atoms with van der Waals surface area (Å²) in [7, 11) is 3.47. The smallest absolute Gasteiger partial charge is 0.359 e. The van der Waals surface area contributed by atoms with Gasteiger partial charge in [-0.1, -0.05) is 0 Å². The van der Waals surface area contributed by atoms with Gasteiger partial charge in [-0.25, -0.2) is 4.98 Å². The van der Waals surface area contributed by atoms with Gasteiger partial charge in [0.15, 0.2) is 0 Å². The van der Waals surface area contributed by atoms with Crippen LogP contribution in [0.5, 0.6) is 0 Å². The van der Waals surface area contributed by atoms with E-state index in [9.17, 15) is 18.0 Å². The maximum absolute atomic E-state index is 12.6. The van der Waals surface area contributed by atoms with Crippen LogP contribution in [0.2, 0.25) is 0 Å². The highest BCUT2D eigenvalue weighted by Gasteiger charge is 2.31. The van der Waals surface area contributed by atoms with Gasteiger partial charge in [-0.3, -0.25) is 9.69 Å². The number of nitrogens with one attached hydrogen (secondary N) is 1. The highest BCUT2D eigenvalue weighted by Crippen LogP contribution is 2.29. The van der Waals surface area contributed by atoms with Crippen LogP contribution in [0, 0.1) is 5.92 Å². The summed E-state index contributed by atoms with van der Waals surface area (Å²) in [4.78, 5) is 19.3. The number of anilines is 1. The number of carbonyl (C=O) groups excluding carboxylic acids is 1. The monoisotopic (exact) mass is 344 g/mol. The zero-order chi connectivity index (χ0) is 17.7. The number of rotatable bonds is 5. The van der Waals surface area contributed by atoms with Crippen LogP contribution in [-0.4, -0.2) is 56.1 Å². The number of carbonyl (C=O) groups is 1. The summed E-state index contributed by atoms with van der Waals surface area (Å²) < 4.78 is 37.7. The van der Waals surface area contributed by atoms with E-state index in [1.807, 2.05) is 11.9 Å². The summed E-state index contributed by atoms with van der Waals surface area (Å²) in [5.74, 6) is 0.996. The minimum Gasteiger partial charge on any atom is -0.359 e. The molecule has 2 heterocycles. The van der Waals surface area contributed by atoms with Crippen molar-refractivity contribution in [3.8, 4) is 0 Å². The quantitative estimate of drug-likeness (QED) is 0.888. The van der Waals surface area contributed by atoms with E-state index in [4.69, 9.17) is 0 Å². The van der Waals surface area contributed by atoms with Gasteiger partial charge >= 0.3 is 6.18 Å². The van der Waals surface area contributed by atoms with Crippen molar-refractivity contribution in [3.05, 3.63) is 23.9 Å². The molecule has 1 aliphatic heterocycles. The average molecular weight is 344 g/mol. The molecule has 0 radical (unpaired) electrons. The Balaban J connectivity index is 1.83. The molecule has 1 amide bonds. The lowest BCUT2D eigenvalue weighted by Gasteiger charge is -2.33. The average Bonchev–Trinajstić information content (AvgIpc) is 2.55. The second-order valence-corrected chi connectivity index (χ2v) is 6.18. The van der Waals surface area contributed by atoms with Crippen molar-refractivity contribution in [2.24, 2.45) is 5.92 Å². The van der Waals surface area contributed by atoms with Crippen LogP contribution in [0.4, 0.5) is 19.0 Å². The van der Waals surface area contributed by atoms with E-state index in [0.717, 1.165) is 44.7 Å². The molecule has 0 aromatic carbocycles. The van der Waals surface area contributed by atoms with Gasteiger partial charge in [0, 0.05) is 26.8 Å². The maximum atomic E-state index is 12.6. The van der Waals surface area contributed by atoms with Gasteiger partial charge < -0.3 is 10.2 Å². The molecule has 8 heteroatoms. The fourth-order valence-corrected chi connectivity index (χ4v) is 2.87. The third-order valence-electron chi connectivity index (χ3n) is 4.35. The highest BCUT2D eigenvalue weighted by atomic mass is 19.4. The molecule has 2 rings (SSSR count). The summed E-state index contributed by atoms with van der Waals surface area (Å²) in [5, 5.41) is 2.62. The largest absolute Gasteiger partial charge is 0.417 e. The lowest BCUT2D eigenvalue weighted by Crippen LogP contribution is -2.42. The first-order valence-corrected chi connectivity index (χ1v) is 7.97. The molecule has 0 atom stereocenters. The molecule has 1 aliphatic rings. The molecule has 0 spiro atoms. The van der Waals surface area contributed by atoms with Gasteiger partial charge in [0.25, 0.3) is 0 Å². The minimum absolute atomic E-state index is 0.0134. The molecule has 0 saturated carbocycles. The van der Waals surface area contributed by atoms with E-state index in [-0.39, 0.29) is 5.91 Å². The van der Waals surface area contributed by atoms with E-state index in [2.05, 4.69) is 15.2 Å². The first kappa shape index (κ1) is 18.5. The van der Waals surface area contributed by atoms with Crippen molar-refractivity contribution in [3.63, 3.8) is 0 Å². The maximum Gasteiger partial charge on any atom is 0.417 e. The zero-order valence-corrected chi connectivity index (χ0v) is 13.9. The molecule has 5 nitrogen and oxygen atoms in total. The Morgan fingerprint density at radius 2 is 2.04 bits per heavy atom. The summed E-state index contributed by atoms with van der Waals surface area (Å²) >= 11 is 0. The number of likely N-dealkylation sites (N-methyl/N-ethyl adjacent to an activating group) is 1. The Kier molecular flexibility index (Phi) is 6.04.